The van der Waals surface area contributed by atoms with Crippen molar-refractivity contribution in [3.05, 3.63) is 58.6 Å². The van der Waals surface area contributed by atoms with Gasteiger partial charge in [-0.25, -0.2) is 0 Å². The van der Waals surface area contributed by atoms with Gasteiger partial charge in [0.25, 0.3) is 0 Å². The predicted molar refractivity (Wildman–Crippen MR) is 87.3 cm³/mol. The van der Waals surface area contributed by atoms with Crippen LogP contribution in [-0.2, 0) is 11.3 Å². The highest BCUT2D eigenvalue weighted by Crippen LogP contribution is 2.20. The van der Waals surface area contributed by atoms with Gasteiger partial charge in [0.2, 0.25) is 0 Å². The zero-order valence-electron chi connectivity index (χ0n) is 12.4. The SMILES string of the molecule is COCCOc1cccc(NCc2ccc(C)c(Cl)c2)c1. The van der Waals surface area contributed by atoms with E-state index in [9.17, 15) is 0 Å². The van der Waals surface area contributed by atoms with E-state index in [2.05, 4.69) is 11.4 Å². The molecule has 112 valence electrons. The molecule has 0 heterocycles. The van der Waals surface area contributed by atoms with E-state index in [0.29, 0.717) is 13.2 Å². The molecule has 2 rings (SSSR count). The third kappa shape index (κ3) is 4.96. The summed E-state index contributed by atoms with van der Waals surface area (Å²) in [6.07, 6.45) is 0. The molecule has 2 aromatic carbocycles. The Kier molecular flexibility index (Phi) is 5.90. The fourth-order valence-electron chi connectivity index (χ4n) is 1.89. The number of hydrogen-bond acceptors (Lipinski definition) is 3. The van der Waals surface area contributed by atoms with Crippen LogP contribution in [-0.4, -0.2) is 20.3 Å². The summed E-state index contributed by atoms with van der Waals surface area (Å²) in [4.78, 5) is 0. The van der Waals surface area contributed by atoms with Crippen molar-refractivity contribution in [2.45, 2.75) is 13.5 Å². The number of benzene rings is 2. The summed E-state index contributed by atoms with van der Waals surface area (Å²) in [5.74, 6) is 0.832. The average molecular weight is 306 g/mol. The van der Waals surface area contributed by atoms with Gasteiger partial charge in [-0.15, -0.1) is 0 Å². The molecule has 0 spiro atoms. The minimum atomic E-state index is 0.549. The Labute approximate surface area is 130 Å². The molecule has 21 heavy (non-hydrogen) atoms. The van der Waals surface area contributed by atoms with Gasteiger partial charge in [-0.2, -0.15) is 0 Å². The molecule has 0 bridgehead atoms. The monoisotopic (exact) mass is 305 g/mol. The zero-order chi connectivity index (χ0) is 15.1. The minimum Gasteiger partial charge on any atom is -0.491 e. The molecule has 0 aromatic heterocycles. The Morgan fingerprint density at radius 2 is 1.95 bits per heavy atom. The average Bonchev–Trinajstić information content (AvgIpc) is 2.49. The number of rotatable bonds is 7. The molecule has 0 aliphatic rings. The zero-order valence-corrected chi connectivity index (χ0v) is 13.1. The number of aryl methyl sites for hydroxylation is 1. The first-order chi connectivity index (χ1) is 10.2. The first kappa shape index (κ1) is 15.7. The van der Waals surface area contributed by atoms with Crippen LogP contribution in [0.4, 0.5) is 5.69 Å². The lowest BCUT2D eigenvalue weighted by Crippen LogP contribution is -2.05. The van der Waals surface area contributed by atoms with Crippen molar-refractivity contribution >= 4 is 17.3 Å². The van der Waals surface area contributed by atoms with Gasteiger partial charge >= 0.3 is 0 Å². The number of anilines is 1. The van der Waals surface area contributed by atoms with Crippen LogP contribution in [0.3, 0.4) is 0 Å². The van der Waals surface area contributed by atoms with E-state index >= 15 is 0 Å². The first-order valence-electron chi connectivity index (χ1n) is 6.90. The van der Waals surface area contributed by atoms with Crippen molar-refractivity contribution < 1.29 is 9.47 Å². The van der Waals surface area contributed by atoms with Gasteiger partial charge in [-0.3, -0.25) is 0 Å². The molecule has 4 heteroatoms. The normalized spacial score (nSPS) is 10.4. The van der Waals surface area contributed by atoms with E-state index in [1.165, 1.54) is 0 Å². The van der Waals surface area contributed by atoms with E-state index in [1.54, 1.807) is 7.11 Å². The van der Waals surface area contributed by atoms with Crippen molar-refractivity contribution in [3.63, 3.8) is 0 Å². The molecule has 0 aliphatic heterocycles. The van der Waals surface area contributed by atoms with Crippen LogP contribution >= 0.6 is 11.6 Å². The van der Waals surface area contributed by atoms with Gasteiger partial charge < -0.3 is 14.8 Å². The van der Waals surface area contributed by atoms with E-state index in [-0.39, 0.29) is 0 Å². The van der Waals surface area contributed by atoms with E-state index < -0.39 is 0 Å². The van der Waals surface area contributed by atoms with Crippen LogP contribution < -0.4 is 10.1 Å². The quantitative estimate of drug-likeness (QED) is 0.774. The highest BCUT2D eigenvalue weighted by atomic mass is 35.5. The maximum Gasteiger partial charge on any atom is 0.121 e. The summed E-state index contributed by atoms with van der Waals surface area (Å²) >= 11 is 6.13. The standard InChI is InChI=1S/C17H20ClNO2/c1-13-6-7-14(10-17(13)18)12-19-15-4-3-5-16(11-15)21-9-8-20-2/h3-7,10-11,19H,8-9,12H2,1-2H3. The van der Waals surface area contributed by atoms with Crippen molar-refractivity contribution in [3.8, 4) is 5.75 Å². The lowest BCUT2D eigenvalue weighted by Gasteiger charge is -2.10. The van der Waals surface area contributed by atoms with E-state index in [4.69, 9.17) is 21.1 Å². The molecule has 1 N–H and O–H groups in total. The molecule has 0 unspecified atom stereocenters. The lowest BCUT2D eigenvalue weighted by molar-refractivity contribution is 0.146. The molecular formula is C17H20ClNO2. The molecule has 0 fully saturated rings. The van der Waals surface area contributed by atoms with Crippen LogP contribution in [0.2, 0.25) is 5.02 Å². The maximum absolute atomic E-state index is 6.13. The minimum absolute atomic E-state index is 0.549. The molecule has 0 radical (unpaired) electrons. The van der Waals surface area contributed by atoms with Gasteiger partial charge in [0.15, 0.2) is 0 Å². The Balaban J connectivity index is 1.93. The van der Waals surface area contributed by atoms with Gasteiger partial charge in [0, 0.05) is 30.4 Å². The molecule has 0 aliphatic carbocycles. The van der Waals surface area contributed by atoms with Crippen molar-refractivity contribution in [2.24, 2.45) is 0 Å². The molecule has 0 atom stereocenters. The highest BCUT2D eigenvalue weighted by Gasteiger charge is 2.00. The van der Waals surface area contributed by atoms with Crippen LogP contribution in [0, 0.1) is 6.92 Å². The molecular weight excluding hydrogens is 286 g/mol. The Morgan fingerprint density at radius 3 is 2.71 bits per heavy atom. The van der Waals surface area contributed by atoms with Gasteiger partial charge in [0.1, 0.15) is 12.4 Å². The third-order valence-electron chi connectivity index (χ3n) is 3.12. The second kappa shape index (κ2) is 7.91. The fourth-order valence-corrected chi connectivity index (χ4v) is 2.09. The highest BCUT2D eigenvalue weighted by molar-refractivity contribution is 6.31. The van der Waals surface area contributed by atoms with Gasteiger partial charge in [-0.1, -0.05) is 29.8 Å². The second-order valence-corrected chi connectivity index (χ2v) is 5.21. The fraction of sp³-hybridized carbons (Fsp3) is 0.294. The largest absolute Gasteiger partial charge is 0.491 e. The van der Waals surface area contributed by atoms with Crippen LogP contribution in [0.1, 0.15) is 11.1 Å². The van der Waals surface area contributed by atoms with Crippen molar-refractivity contribution in [1.29, 1.82) is 0 Å². The van der Waals surface area contributed by atoms with Gasteiger partial charge in [0.05, 0.1) is 6.61 Å². The number of halogens is 1. The summed E-state index contributed by atoms with van der Waals surface area (Å²) in [5, 5.41) is 4.17. The number of hydrogen-bond donors (Lipinski definition) is 1. The summed E-state index contributed by atoms with van der Waals surface area (Å²) in [5.41, 5.74) is 3.26. The van der Waals surface area contributed by atoms with Gasteiger partial charge in [-0.05, 0) is 36.2 Å². The van der Waals surface area contributed by atoms with Crippen LogP contribution in [0.5, 0.6) is 5.75 Å². The van der Waals surface area contributed by atoms with E-state index in [0.717, 1.165) is 34.1 Å². The summed E-state index contributed by atoms with van der Waals surface area (Å²) in [7, 11) is 1.66. The van der Waals surface area contributed by atoms with Crippen molar-refractivity contribution in [1.82, 2.24) is 0 Å². The number of nitrogens with one attached hydrogen (secondary N) is 1. The first-order valence-corrected chi connectivity index (χ1v) is 7.27. The second-order valence-electron chi connectivity index (χ2n) is 4.81. The number of methoxy groups -OCH3 is 1. The molecule has 3 nitrogen and oxygen atoms in total. The Bertz CT molecular complexity index is 587. The van der Waals surface area contributed by atoms with Crippen LogP contribution in [0.25, 0.3) is 0 Å². The van der Waals surface area contributed by atoms with E-state index in [1.807, 2.05) is 43.3 Å². The Hall–Kier alpha value is -1.71. The Morgan fingerprint density at radius 1 is 1.10 bits per heavy atom. The summed E-state index contributed by atoms with van der Waals surface area (Å²) < 4.78 is 10.6. The molecule has 0 amide bonds. The lowest BCUT2D eigenvalue weighted by atomic mass is 10.1. The molecule has 0 saturated carbocycles. The van der Waals surface area contributed by atoms with Crippen molar-refractivity contribution in [2.75, 3.05) is 25.6 Å². The van der Waals surface area contributed by atoms with Crippen LogP contribution in [0.15, 0.2) is 42.5 Å². The summed E-state index contributed by atoms with van der Waals surface area (Å²) in [6.45, 7) is 3.86. The maximum atomic E-state index is 6.13. The molecule has 2 aromatic rings. The smallest absolute Gasteiger partial charge is 0.121 e. The summed E-state index contributed by atoms with van der Waals surface area (Å²) in [6, 6.07) is 14.0. The molecule has 0 saturated heterocycles. The number of ether oxygens (including phenoxy) is 2. The topological polar surface area (TPSA) is 30.5 Å². The third-order valence-corrected chi connectivity index (χ3v) is 3.53. The predicted octanol–water partition coefficient (Wildman–Crippen LogP) is 4.29.